The maximum absolute atomic E-state index is 13.1. The fraction of sp³-hybridized carbons (Fsp3) is 0.0500. The summed E-state index contributed by atoms with van der Waals surface area (Å²) >= 11 is 7.35. The molecule has 2 heterocycles. The lowest BCUT2D eigenvalue weighted by molar-refractivity contribution is 0.102. The van der Waals surface area contributed by atoms with Gasteiger partial charge in [-0.25, -0.2) is 9.37 Å². The number of rotatable bonds is 4. The minimum Gasteiger partial charge on any atom is -0.306 e. The third kappa shape index (κ3) is 3.81. The van der Waals surface area contributed by atoms with Crippen LogP contribution < -0.4 is 5.32 Å². The first-order valence-electron chi connectivity index (χ1n) is 8.35. The van der Waals surface area contributed by atoms with Gasteiger partial charge in [-0.2, -0.15) is 9.78 Å². The van der Waals surface area contributed by atoms with Crippen molar-refractivity contribution in [3.63, 3.8) is 0 Å². The SMILES string of the molecule is Cc1cc(NC(=O)c2ccc(F)cc2)n(-c2nc(-c3ccc(Cl)cc3)cs2)n1. The fourth-order valence-electron chi connectivity index (χ4n) is 2.64. The zero-order valence-corrected chi connectivity index (χ0v) is 16.3. The van der Waals surface area contributed by atoms with E-state index in [1.807, 2.05) is 36.6 Å². The number of thiazole rings is 1. The van der Waals surface area contributed by atoms with Crippen molar-refractivity contribution >= 4 is 34.7 Å². The van der Waals surface area contributed by atoms with E-state index in [0.29, 0.717) is 21.5 Å². The van der Waals surface area contributed by atoms with E-state index < -0.39 is 5.82 Å². The van der Waals surface area contributed by atoms with Gasteiger partial charge in [0.05, 0.1) is 11.4 Å². The van der Waals surface area contributed by atoms with Crippen molar-refractivity contribution in [1.82, 2.24) is 14.8 Å². The molecule has 0 aliphatic carbocycles. The molecule has 4 rings (SSSR count). The van der Waals surface area contributed by atoms with Crippen molar-refractivity contribution in [3.05, 3.63) is 82.1 Å². The number of halogens is 2. The molecule has 0 fully saturated rings. The molecule has 28 heavy (non-hydrogen) atoms. The summed E-state index contributed by atoms with van der Waals surface area (Å²) in [6.45, 7) is 1.83. The normalized spacial score (nSPS) is 10.8. The predicted octanol–water partition coefficient (Wildman–Crippen LogP) is 5.35. The summed E-state index contributed by atoms with van der Waals surface area (Å²) in [7, 11) is 0. The molecule has 0 bridgehead atoms. The number of nitrogens with one attached hydrogen (secondary N) is 1. The van der Waals surface area contributed by atoms with E-state index in [4.69, 9.17) is 11.6 Å². The molecule has 0 aliphatic heterocycles. The average Bonchev–Trinajstić information content (AvgIpc) is 3.29. The van der Waals surface area contributed by atoms with Gasteiger partial charge in [-0.3, -0.25) is 4.79 Å². The predicted molar refractivity (Wildman–Crippen MR) is 109 cm³/mol. The molecule has 0 unspecified atom stereocenters. The molecule has 4 aromatic rings. The van der Waals surface area contributed by atoms with Crippen molar-refractivity contribution in [2.75, 3.05) is 5.32 Å². The van der Waals surface area contributed by atoms with Crippen LogP contribution >= 0.6 is 22.9 Å². The van der Waals surface area contributed by atoms with Crippen LogP contribution in [0.15, 0.2) is 60.0 Å². The van der Waals surface area contributed by atoms with Gasteiger partial charge in [-0.05, 0) is 43.3 Å². The molecule has 2 aromatic carbocycles. The first kappa shape index (κ1) is 18.3. The fourth-order valence-corrected chi connectivity index (χ4v) is 3.56. The Morgan fingerprint density at radius 1 is 1.14 bits per heavy atom. The summed E-state index contributed by atoms with van der Waals surface area (Å²) in [4.78, 5) is 17.1. The Labute approximate surface area is 169 Å². The van der Waals surface area contributed by atoms with Gasteiger partial charge >= 0.3 is 0 Å². The maximum atomic E-state index is 13.1. The number of aromatic nitrogens is 3. The number of hydrogen-bond donors (Lipinski definition) is 1. The number of hydrogen-bond acceptors (Lipinski definition) is 4. The summed E-state index contributed by atoms with van der Waals surface area (Å²) < 4.78 is 14.7. The van der Waals surface area contributed by atoms with Gasteiger partial charge in [0.2, 0.25) is 5.13 Å². The molecular weight excluding hydrogens is 399 g/mol. The number of nitrogens with zero attached hydrogens (tertiary/aromatic N) is 3. The molecular formula is C20H14ClFN4OS. The lowest BCUT2D eigenvalue weighted by Crippen LogP contribution is -2.15. The highest BCUT2D eigenvalue weighted by molar-refractivity contribution is 7.12. The van der Waals surface area contributed by atoms with Crippen LogP contribution in [0, 0.1) is 12.7 Å². The lowest BCUT2D eigenvalue weighted by atomic mass is 10.2. The summed E-state index contributed by atoms with van der Waals surface area (Å²) in [5.41, 5.74) is 2.82. The largest absolute Gasteiger partial charge is 0.306 e. The number of anilines is 1. The number of amides is 1. The van der Waals surface area contributed by atoms with E-state index in [9.17, 15) is 9.18 Å². The number of carbonyl (C=O) groups excluding carboxylic acids is 1. The zero-order valence-electron chi connectivity index (χ0n) is 14.7. The van der Waals surface area contributed by atoms with Gasteiger partial charge in [-0.1, -0.05) is 23.7 Å². The Morgan fingerprint density at radius 2 is 1.86 bits per heavy atom. The molecule has 5 nitrogen and oxygen atoms in total. The topological polar surface area (TPSA) is 59.8 Å². The van der Waals surface area contributed by atoms with Crippen molar-refractivity contribution in [3.8, 4) is 16.4 Å². The van der Waals surface area contributed by atoms with Gasteiger partial charge in [-0.15, -0.1) is 11.3 Å². The molecule has 1 N–H and O–H groups in total. The minimum absolute atomic E-state index is 0.351. The van der Waals surface area contributed by atoms with Gasteiger partial charge in [0, 0.05) is 27.6 Å². The second-order valence-corrected chi connectivity index (χ2v) is 7.34. The van der Waals surface area contributed by atoms with E-state index in [-0.39, 0.29) is 5.91 Å². The third-order valence-electron chi connectivity index (χ3n) is 3.99. The zero-order chi connectivity index (χ0) is 19.7. The Balaban J connectivity index is 1.62. The minimum atomic E-state index is -0.394. The summed E-state index contributed by atoms with van der Waals surface area (Å²) in [5, 5.41) is 10.4. The third-order valence-corrected chi connectivity index (χ3v) is 5.06. The highest BCUT2D eigenvalue weighted by Crippen LogP contribution is 2.27. The number of aryl methyl sites for hydroxylation is 1. The average molecular weight is 413 g/mol. The van der Waals surface area contributed by atoms with Crippen LogP contribution in [-0.4, -0.2) is 20.7 Å². The second-order valence-electron chi connectivity index (χ2n) is 6.07. The Morgan fingerprint density at radius 3 is 2.57 bits per heavy atom. The van der Waals surface area contributed by atoms with Crippen LogP contribution in [-0.2, 0) is 0 Å². The van der Waals surface area contributed by atoms with Crippen molar-refractivity contribution in [1.29, 1.82) is 0 Å². The van der Waals surface area contributed by atoms with Crippen LogP contribution in [0.3, 0.4) is 0 Å². The van der Waals surface area contributed by atoms with Crippen LogP contribution in [0.25, 0.3) is 16.4 Å². The van der Waals surface area contributed by atoms with E-state index in [2.05, 4.69) is 15.4 Å². The molecule has 0 saturated carbocycles. The van der Waals surface area contributed by atoms with Crippen LogP contribution in [0.5, 0.6) is 0 Å². The summed E-state index contributed by atoms with van der Waals surface area (Å²) in [5.74, 6) is -0.255. The highest BCUT2D eigenvalue weighted by Gasteiger charge is 2.15. The summed E-state index contributed by atoms with van der Waals surface area (Å²) in [6, 6.07) is 14.5. The number of carbonyl (C=O) groups is 1. The molecule has 0 aliphatic rings. The Kier molecular flexibility index (Phi) is 4.93. The van der Waals surface area contributed by atoms with E-state index in [1.165, 1.54) is 35.6 Å². The smallest absolute Gasteiger partial charge is 0.256 e. The first-order chi connectivity index (χ1) is 13.5. The molecule has 2 aromatic heterocycles. The standard InChI is InChI=1S/C20H14ClFN4OS/c1-12-10-18(24-19(27)14-4-8-16(22)9-5-14)26(25-12)20-23-17(11-28-20)13-2-6-15(21)7-3-13/h2-11H,1H3,(H,24,27). The van der Waals surface area contributed by atoms with Crippen molar-refractivity contribution in [2.24, 2.45) is 0 Å². The van der Waals surface area contributed by atoms with Crippen LogP contribution in [0.4, 0.5) is 10.2 Å². The van der Waals surface area contributed by atoms with Crippen molar-refractivity contribution < 1.29 is 9.18 Å². The second kappa shape index (κ2) is 7.53. The van der Waals surface area contributed by atoms with Gasteiger partial charge in [0.1, 0.15) is 11.6 Å². The first-order valence-corrected chi connectivity index (χ1v) is 9.61. The quantitative estimate of drug-likeness (QED) is 0.491. The molecule has 0 radical (unpaired) electrons. The Hall–Kier alpha value is -3.03. The van der Waals surface area contributed by atoms with Gasteiger partial charge in [0.15, 0.2) is 0 Å². The van der Waals surface area contributed by atoms with Gasteiger partial charge in [0.25, 0.3) is 5.91 Å². The molecule has 8 heteroatoms. The lowest BCUT2D eigenvalue weighted by Gasteiger charge is -2.06. The molecule has 140 valence electrons. The molecule has 0 saturated heterocycles. The summed E-state index contributed by atoms with van der Waals surface area (Å²) in [6.07, 6.45) is 0. The molecule has 0 atom stereocenters. The van der Waals surface area contributed by atoms with Crippen LogP contribution in [0.1, 0.15) is 16.1 Å². The number of benzene rings is 2. The molecule has 0 spiro atoms. The Bertz CT molecular complexity index is 1140. The van der Waals surface area contributed by atoms with E-state index in [0.717, 1.165) is 17.0 Å². The monoisotopic (exact) mass is 412 g/mol. The molecule has 1 amide bonds. The maximum Gasteiger partial charge on any atom is 0.256 e. The van der Waals surface area contributed by atoms with Gasteiger partial charge < -0.3 is 5.32 Å². The van der Waals surface area contributed by atoms with E-state index in [1.54, 1.807) is 10.7 Å². The van der Waals surface area contributed by atoms with Crippen molar-refractivity contribution in [2.45, 2.75) is 6.92 Å². The highest BCUT2D eigenvalue weighted by atomic mass is 35.5. The van der Waals surface area contributed by atoms with Crippen LogP contribution in [0.2, 0.25) is 5.02 Å². The van der Waals surface area contributed by atoms with E-state index >= 15 is 0 Å².